The molecule has 2 aromatic rings. The van der Waals surface area contributed by atoms with Crippen molar-refractivity contribution in [2.45, 2.75) is 13.8 Å². The number of hydrogen-bond acceptors (Lipinski definition) is 2. The van der Waals surface area contributed by atoms with E-state index in [0.29, 0.717) is 5.56 Å². The Balaban J connectivity index is 2.39. The summed E-state index contributed by atoms with van der Waals surface area (Å²) >= 11 is 0. The zero-order valence-corrected chi connectivity index (χ0v) is 12.4. The molecule has 0 radical (unpaired) electrons. The van der Waals surface area contributed by atoms with Gasteiger partial charge in [-0.05, 0) is 44.2 Å². The van der Waals surface area contributed by atoms with Gasteiger partial charge in [0, 0.05) is 17.1 Å². The van der Waals surface area contributed by atoms with Crippen molar-refractivity contribution in [1.29, 1.82) is 0 Å². The standard InChI is InChI=1S/C17H18N2O2/c1-5-10-18-17(20)16-11-12(2)19(13(16)3)14-6-8-15(21-4)9-7-14/h1,6-9,11H,10H2,2-4H3,(H,18,20). The van der Waals surface area contributed by atoms with E-state index in [-0.39, 0.29) is 12.5 Å². The molecule has 0 aliphatic heterocycles. The number of nitrogens with one attached hydrogen (secondary N) is 1. The lowest BCUT2D eigenvalue weighted by atomic mass is 10.2. The molecule has 4 nitrogen and oxygen atoms in total. The molecule has 0 bridgehead atoms. The van der Waals surface area contributed by atoms with Crippen molar-refractivity contribution in [2.24, 2.45) is 0 Å². The summed E-state index contributed by atoms with van der Waals surface area (Å²) in [6.45, 7) is 4.11. The molecule has 1 N–H and O–H groups in total. The van der Waals surface area contributed by atoms with E-state index >= 15 is 0 Å². The maximum Gasteiger partial charge on any atom is 0.253 e. The van der Waals surface area contributed by atoms with Gasteiger partial charge in [0.25, 0.3) is 5.91 Å². The van der Waals surface area contributed by atoms with Gasteiger partial charge in [-0.1, -0.05) is 5.92 Å². The number of aromatic nitrogens is 1. The van der Waals surface area contributed by atoms with Crippen LogP contribution in [0.1, 0.15) is 21.7 Å². The Hall–Kier alpha value is -2.67. The number of amides is 1. The van der Waals surface area contributed by atoms with Crippen molar-refractivity contribution < 1.29 is 9.53 Å². The SMILES string of the molecule is C#CCNC(=O)c1cc(C)n(-c2ccc(OC)cc2)c1C. The molecule has 1 amide bonds. The van der Waals surface area contributed by atoms with Gasteiger partial charge in [-0.25, -0.2) is 0 Å². The fourth-order valence-electron chi connectivity index (χ4n) is 2.35. The number of benzene rings is 1. The van der Waals surface area contributed by atoms with Crippen molar-refractivity contribution in [3.8, 4) is 23.8 Å². The van der Waals surface area contributed by atoms with Gasteiger partial charge >= 0.3 is 0 Å². The fraction of sp³-hybridized carbons (Fsp3) is 0.235. The Morgan fingerprint density at radius 1 is 1.33 bits per heavy atom. The van der Waals surface area contributed by atoms with Gasteiger partial charge in [-0.3, -0.25) is 4.79 Å². The zero-order valence-electron chi connectivity index (χ0n) is 12.4. The summed E-state index contributed by atoms with van der Waals surface area (Å²) in [7, 11) is 1.63. The molecule has 1 aromatic carbocycles. The number of carbonyl (C=O) groups is 1. The van der Waals surface area contributed by atoms with Crippen LogP contribution in [0.15, 0.2) is 30.3 Å². The van der Waals surface area contributed by atoms with Gasteiger partial charge in [0.05, 0.1) is 19.2 Å². The first-order valence-electron chi connectivity index (χ1n) is 6.63. The minimum atomic E-state index is -0.152. The molecule has 0 unspecified atom stereocenters. The van der Waals surface area contributed by atoms with Crippen LogP contribution in [0, 0.1) is 26.2 Å². The topological polar surface area (TPSA) is 43.3 Å². The first-order valence-corrected chi connectivity index (χ1v) is 6.63. The van der Waals surface area contributed by atoms with Crippen LogP contribution in [0.2, 0.25) is 0 Å². The number of methoxy groups -OCH3 is 1. The minimum Gasteiger partial charge on any atom is -0.497 e. The maximum atomic E-state index is 12.1. The number of aryl methyl sites for hydroxylation is 1. The van der Waals surface area contributed by atoms with Gasteiger partial charge in [0.15, 0.2) is 0 Å². The molecule has 1 aromatic heterocycles. The van der Waals surface area contributed by atoms with Crippen molar-refractivity contribution >= 4 is 5.91 Å². The largest absolute Gasteiger partial charge is 0.497 e. The second-order valence-corrected chi connectivity index (χ2v) is 4.71. The van der Waals surface area contributed by atoms with Gasteiger partial charge in [-0.2, -0.15) is 0 Å². The first-order chi connectivity index (χ1) is 10.1. The lowest BCUT2D eigenvalue weighted by Gasteiger charge is -2.10. The van der Waals surface area contributed by atoms with E-state index in [0.717, 1.165) is 22.8 Å². The van der Waals surface area contributed by atoms with Gasteiger partial charge < -0.3 is 14.6 Å². The summed E-state index contributed by atoms with van der Waals surface area (Å²) < 4.78 is 7.19. The highest BCUT2D eigenvalue weighted by Gasteiger charge is 2.16. The summed E-state index contributed by atoms with van der Waals surface area (Å²) in [5, 5.41) is 2.69. The van der Waals surface area contributed by atoms with Crippen LogP contribution in [0.25, 0.3) is 5.69 Å². The van der Waals surface area contributed by atoms with Crippen LogP contribution >= 0.6 is 0 Å². The molecule has 0 aliphatic carbocycles. The molecule has 0 fully saturated rings. The second kappa shape index (κ2) is 6.19. The minimum absolute atomic E-state index is 0.152. The number of terminal acetylenes is 1. The number of carbonyl (C=O) groups excluding carboxylic acids is 1. The highest BCUT2D eigenvalue weighted by Crippen LogP contribution is 2.22. The summed E-state index contributed by atoms with van der Waals surface area (Å²) in [5.41, 5.74) is 3.50. The molecule has 2 rings (SSSR count). The van der Waals surface area contributed by atoms with E-state index in [2.05, 4.69) is 11.2 Å². The summed E-state index contributed by atoms with van der Waals surface area (Å²) in [4.78, 5) is 12.1. The van der Waals surface area contributed by atoms with Crippen molar-refractivity contribution in [1.82, 2.24) is 9.88 Å². The predicted molar refractivity (Wildman–Crippen MR) is 83.0 cm³/mol. The average molecular weight is 282 g/mol. The Kier molecular flexibility index (Phi) is 4.34. The van der Waals surface area contributed by atoms with E-state index < -0.39 is 0 Å². The molecule has 0 saturated carbocycles. The van der Waals surface area contributed by atoms with Crippen LogP contribution < -0.4 is 10.1 Å². The van der Waals surface area contributed by atoms with E-state index in [1.165, 1.54) is 0 Å². The van der Waals surface area contributed by atoms with E-state index in [4.69, 9.17) is 11.2 Å². The molecule has 0 atom stereocenters. The Labute approximate surface area is 124 Å². The lowest BCUT2D eigenvalue weighted by molar-refractivity contribution is 0.0958. The fourth-order valence-corrected chi connectivity index (χ4v) is 2.35. The molecular weight excluding hydrogens is 264 g/mol. The first kappa shape index (κ1) is 14.7. The molecular formula is C17H18N2O2. The third kappa shape index (κ3) is 2.92. The maximum absolute atomic E-state index is 12.1. The smallest absolute Gasteiger partial charge is 0.253 e. The van der Waals surface area contributed by atoms with Gasteiger partial charge in [0.1, 0.15) is 5.75 Å². The van der Waals surface area contributed by atoms with Crippen molar-refractivity contribution in [3.63, 3.8) is 0 Å². The third-order valence-electron chi connectivity index (χ3n) is 3.36. The van der Waals surface area contributed by atoms with Crippen LogP contribution in [0.3, 0.4) is 0 Å². The number of nitrogens with zero attached hydrogens (tertiary/aromatic N) is 1. The zero-order chi connectivity index (χ0) is 15.4. The quantitative estimate of drug-likeness (QED) is 0.875. The molecule has 108 valence electrons. The second-order valence-electron chi connectivity index (χ2n) is 4.71. The Bertz CT molecular complexity index is 691. The van der Waals surface area contributed by atoms with Gasteiger partial charge in [-0.15, -0.1) is 6.42 Å². The van der Waals surface area contributed by atoms with Crippen molar-refractivity contribution in [3.05, 3.63) is 47.3 Å². The number of ether oxygens (including phenoxy) is 1. The summed E-state index contributed by atoms with van der Waals surface area (Å²) in [5.74, 6) is 3.05. The van der Waals surface area contributed by atoms with E-state index in [9.17, 15) is 4.79 Å². The van der Waals surface area contributed by atoms with Gasteiger partial charge in [0.2, 0.25) is 0 Å². The Morgan fingerprint density at radius 3 is 2.57 bits per heavy atom. The van der Waals surface area contributed by atoms with Crippen LogP contribution in [-0.2, 0) is 0 Å². The molecule has 4 heteroatoms. The third-order valence-corrected chi connectivity index (χ3v) is 3.36. The monoisotopic (exact) mass is 282 g/mol. The highest BCUT2D eigenvalue weighted by atomic mass is 16.5. The molecule has 0 aliphatic rings. The molecule has 1 heterocycles. The number of hydrogen-bond donors (Lipinski definition) is 1. The highest BCUT2D eigenvalue weighted by molar-refractivity contribution is 5.96. The summed E-state index contributed by atoms with van der Waals surface area (Å²) in [6, 6.07) is 9.58. The normalized spacial score (nSPS) is 10.0. The van der Waals surface area contributed by atoms with Crippen molar-refractivity contribution in [2.75, 3.05) is 13.7 Å². The molecule has 0 spiro atoms. The average Bonchev–Trinajstić information content (AvgIpc) is 2.80. The summed E-state index contributed by atoms with van der Waals surface area (Å²) in [6.07, 6.45) is 5.16. The van der Waals surface area contributed by atoms with E-state index in [1.54, 1.807) is 7.11 Å². The van der Waals surface area contributed by atoms with Crippen LogP contribution in [-0.4, -0.2) is 24.1 Å². The van der Waals surface area contributed by atoms with Crippen LogP contribution in [0.4, 0.5) is 0 Å². The lowest BCUT2D eigenvalue weighted by Crippen LogP contribution is -2.23. The molecule has 0 saturated heterocycles. The predicted octanol–water partition coefficient (Wildman–Crippen LogP) is 2.47. The van der Waals surface area contributed by atoms with E-state index in [1.807, 2.05) is 48.7 Å². The van der Waals surface area contributed by atoms with Crippen LogP contribution in [0.5, 0.6) is 5.75 Å². The molecule has 21 heavy (non-hydrogen) atoms. The number of rotatable bonds is 4. The Morgan fingerprint density at radius 2 is 2.00 bits per heavy atom.